The summed E-state index contributed by atoms with van der Waals surface area (Å²) in [5.41, 5.74) is -0.555. The molecule has 10 nitrogen and oxygen atoms in total. The van der Waals surface area contributed by atoms with Gasteiger partial charge in [-0.1, -0.05) is 0 Å². The summed E-state index contributed by atoms with van der Waals surface area (Å²) in [7, 11) is -3.19. The molecule has 1 fully saturated rings. The predicted octanol–water partition coefficient (Wildman–Crippen LogP) is 1.20. The Labute approximate surface area is 132 Å². The van der Waals surface area contributed by atoms with Gasteiger partial charge in [0, 0.05) is 31.6 Å². The minimum absolute atomic E-state index is 0.0426. The first-order chi connectivity index (χ1) is 10.7. The van der Waals surface area contributed by atoms with Crippen LogP contribution in [0, 0.1) is 26.1 Å². The van der Waals surface area contributed by atoms with Crippen LogP contribution >= 0.6 is 0 Å². The van der Waals surface area contributed by atoms with Crippen molar-refractivity contribution in [1.29, 1.82) is 0 Å². The minimum Gasteiger partial charge on any atom is -0.379 e. The minimum atomic E-state index is -3.19. The highest BCUT2D eigenvalue weighted by atomic mass is 32.2. The fourth-order valence-corrected chi connectivity index (χ4v) is 3.49. The lowest BCUT2D eigenvalue weighted by atomic mass is 10.0. The average molecular weight is 344 g/mol. The second-order valence-electron chi connectivity index (χ2n) is 5.18. The van der Waals surface area contributed by atoms with E-state index in [1.54, 1.807) is 6.92 Å². The number of nitro groups is 2. The smallest absolute Gasteiger partial charge is 0.299 e. The highest BCUT2D eigenvalue weighted by molar-refractivity contribution is 7.89. The first kappa shape index (κ1) is 17.1. The summed E-state index contributed by atoms with van der Waals surface area (Å²) in [5, 5.41) is 24.5. The second kappa shape index (κ2) is 6.46. The normalized spacial score (nSPS) is 15.9. The Kier molecular flexibility index (Phi) is 4.80. The van der Waals surface area contributed by atoms with Crippen molar-refractivity contribution in [2.45, 2.75) is 6.92 Å². The van der Waals surface area contributed by atoms with Crippen molar-refractivity contribution in [2.24, 2.45) is 5.92 Å². The SMILES string of the molecule is CCS(=O)(=O)N1CC(CNc2ccc([N+](=O)[O-])cc2[N+](=O)[O-])C1. The maximum Gasteiger partial charge on any atom is 0.299 e. The maximum atomic E-state index is 11.6. The van der Waals surface area contributed by atoms with E-state index in [1.807, 2.05) is 0 Å². The van der Waals surface area contributed by atoms with Crippen molar-refractivity contribution in [2.75, 3.05) is 30.7 Å². The number of nitro benzene ring substituents is 2. The lowest BCUT2D eigenvalue weighted by Crippen LogP contribution is -2.52. The number of benzene rings is 1. The molecular formula is C12H16N4O6S. The van der Waals surface area contributed by atoms with Gasteiger partial charge in [-0.25, -0.2) is 12.7 Å². The van der Waals surface area contributed by atoms with Crippen LogP contribution in [0.2, 0.25) is 0 Å². The fourth-order valence-electron chi connectivity index (χ4n) is 2.25. The number of non-ortho nitro benzene ring substituents is 1. The predicted molar refractivity (Wildman–Crippen MR) is 82.8 cm³/mol. The number of anilines is 1. The molecule has 1 saturated heterocycles. The Hall–Kier alpha value is -2.27. The topological polar surface area (TPSA) is 136 Å². The molecule has 0 amide bonds. The number of rotatable bonds is 7. The highest BCUT2D eigenvalue weighted by Crippen LogP contribution is 2.30. The average Bonchev–Trinajstić information content (AvgIpc) is 2.45. The van der Waals surface area contributed by atoms with Gasteiger partial charge in [0.25, 0.3) is 11.4 Å². The molecule has 1 aromatic carbocycles. The van der Waals surface area contributed by atoms with E-state index in [0.29, 0.717) is 19.6 Å². The van der Waals surface area contributed by atoms with Crippen LogP contribution in [0.4, 0.5) is 17.1 Å². The third-order valence-corrected chi connectivity index (χ3v) is 5.47. The first-order valence-corrected chi connectivity index (χ1v) is 8.50. The van der Waals surface area contributed by atoms with Gasteiger partial charge in [0.2, 0.25) is 10.0 Å². The Balaban J connectivity index is 2.00. The van der Waals surface area contributed by atoms with Crippen LogP contribution in [-0.4, -0.2) is 48.0 Å². The zero-order valence-corrected chi connectivity index (χ0v) is 13.2. The Morgan fingerprint density at radius 3 is 2.43 bits per heavy atom. The summed E-state index contributed by atoms with van der Waals surface area (Å²) in [6, 6.07) is 3.37. The molecule has 0 atom stereocenters. The third-order valence-electron chi connectivity index (χ3n) is 3.65. The zero-order chi connectivity index (χ0) is 17.2. The van der Waals surface area contributed by atoms with Crippen molar-refractivity contribution in [3.8, 4) is 0 Å². The van der Waals surface area contributed by atoms with Gasteiger partial charge in [-0.05, 0) is 13.0 Å². The molecule has 0 aromatic heterocycles. The molecule has 1 aliphatic rings. The van der Waals surface area contributed by atoms with Crippen LogP contribution in [0.25, 0.3) is 0 Å². The Morgan fingerprint density at radius 2 is 1.91 bits per heavy atom. The third kappa shape index (κ3) is 3.74. The van der Waals surface area contributed by atoms with Gasteiger partial charge in [0.05, 0.1) is 21.7 Å². The van der Waals surface area contributed by atoms with Crippen molar-refractivity contribution in [3.63, 3.8) is 0 Å². The van der Waals surface area contributed by atoms with E-state index in [2.05, 4.69) is 5.32 Å². The van der Waals surface area contributed by atoms with Gasteiger partial charge in [-0.3, -0.25) is 20.2 Å². The van der Waals surface area contributed by atoms with E-state index < -0.39 is 19.9 Å². The number of hydrogen-bond acceptors (Lipinski definition) is 7. The van der Waals surface area contributed by atoms with Crippen LogP contribution in [0.15, 0.2) is 18.2 Å². The molecule has 23 heavy (non-hydrogen) atoms. The van der Waals surface area contributed by atoms with E-state index in [-0.39, 0.29) is 28.7 Å². The standard InChI is InChI=1S/C12H16N4O6S/c1-2-23(21,22)14-7-9(8-14)6-13-11-4-3-10(15(17)18)5-12(11)16(19)20/h3-5,9,13H,2,6-8H2,1H3. The monoisotopic (exact) mass is 344 g/mol. The number of nitrogens with zero attached hydrogens (tertiary/aromatic N) is 3. The lowest BCUT2D eigenvalue weighted by Gasteiger charge is -2.38. The van der Waals surface area contributed by atoms with Crippen LogP contribution in [-0.2, 0) is 10.0 Å². The van der Waals surface area contributed by atoms with Gasteiger partial charge >= 0.3 is 0 Å². The molecule has 1 aromatic rings. The number of hydrogen-bond donors (Lipinski definition) is 1. The molecule has 1 N–H and O–H groups in total. The molecule has 0 spiro atoms. The van der Waals surface area contributed by atoms with Gasteiger partial charge in [-0.15, -0.1) is 0 Å². The van der Waals surface area contributed by atoms with E-state index in [9.17, 15) is 28.6 Å². The van der Waals surface area contributed by atoms with E-state index in [0.717, 1.165) is 6.07 Å². The molecular weight excluding hydrogens is 328 g/mol. The lowest BCUT2D eigenvalue weighted by molar-refractivity contribution is -0.393. The van der Waals surface area contributed by atoms with Crippen LogP contribution < -0.4 is 5.32 Å². The maximum absolute atomic E-state index is 11.6. The molecule has 11 heteroatoms. The molecule has 0 radical (unpaired) electrons. The van der Waals surface area contributed by atoms with Gasteiger partial charge in [0.1, 0.15) is 5.69 Å². The van der Waals surface area contributed by atoms with Gasteiger partial charge < -0.3 is 5.32 Å². The summed E-state index contributed by atoms with van der Waals surface area (Å²) in [6.07, 6.45) is 0. The molecule has 126 valence electrons. The molecule has 0 unspecified atom stereocenters. The summed E-state index contributed by atoms with van der Waals surface area (Å²) in [4.78, 5) is 20.3. The van der Waals surface area contributed by atoms with Crippen LogP contribution in [0.1, 0.15) is 6.92 Å². The Morgan fingerprint density at radius 1 is 1.26 bits per heavy atom. The molecule has 0 saturated carbocycles. The van der Waals surface area contributed by atoms with E-state index >= 15 is 0 Å². The number of nitrogens with one attached hydrogen (secondary N) is 1. The molecule has 1 aliphatic heterocycles. The van der Waals surface area contributed by atoms with Crippen molar-refractivity contribution >= 4 is 27.1 Å². The van der Waals surface area contributed by atoms with Crippen molar-refractivity contribution in [1.82, 2.24) is 4.31 Å². The van der Waals surface area contributed by atoms with Crippen LogP contribution in [0.3, 0.4) is 0 Å². The highest BCUT2D eigenvalue weighted by Gasteiger charge is 2.34. The summed E-state index contributed by atoms with van der Waals surface area (Å²) < 4.78 is 24.6. The van der Waals surface area contributed by atoms with Gasteiger partial charge in [-0.2, -0.15) is 0 Å². The first-order valence-electron chi connectivity index (χ1n) is 6.89. The Bertz CT molecular complexity index is 729. The van der Waals surface area contributed by atoms with E-state index in [1.165, 1.54) is 16.4 Å². The molecule has 1 heterocycles. The van der Waals surface area contributed by atoms with Crippen molar-refractivity contribution in [3.05, 3.63) is 38.4 Å². The van der Waals surface area contributed by atoms with Crippen LogP contribution in [0.5, 0.6) is 0 Å². The molecule has 0 aliphatic carbocycles. The quantitative estimate of drug-likeness (QED) is 0.579. The second-order valence-corrected chi connectivity index (χ2v) is 7.44. The summed E-state index contributed by atoms with van der Waals surface area (Å²) >= 11 is 0. The van der Waals surface area contributed by atoms with Gasteiger partial charge in [0.15, 0.2) is 0 Å². The molecule has 2 rings (SSSR count). The summed E-state index contributed by atoms with van der Waals surface area (Å²) in [6.45, 7) is 2.66. The summed E-state index contributed by atoms with van der Waals surface area (Å²) in [5.74, 6) is 0.0900. The largest absolute Gasteiger partial charge is 0.379 e. The number of sulfonamides is 1. The molecule has 0 bridgehead atoms. The zero-order valence-electron chi connectivity index (χ0n) is 12.3. The van der Waals surface area contributed by atoms with E-state index in [4.69, 9.17) is 0 Å². The van der Waals surface area contributed by atoms with Crippen molar-refractivity contribution < 1.29 is 18.3 Å². The fraction of sp³-hybridized carbons (Fsp3) is 0.500.